The second-order valence-electron chi connectivity index (χ2n) is 6.64. The van der Waals surface area contributed by atoms with Crippen molar-refractivity contribution in [3.05, 3.63) is 29.3 Å². The Kier molecular flexibility index (Phi) is 4.67. The molecule has 0 N–H and O–H groups in total. The van der Waals surface area contributed by atoms with Gasteiger partial charge >= 0.3 is 0 Å². The Morgan fingerprint density at radius 3 is 2.86 bits per heavy atom. The molecular weight excluding hydrogens is 278 g/mol. The first-order valence-corrected chi connectivity index (χ1v) is 8.30. The van der Waals surface area contributed by atoms with Gasteiger partial charge in [-0.05, 0) is 42.5 Å². The summed E-state index contributed by atoms with van der Waals surface area (Å²) in [5, 5.41) is 0. The summed E-state index contributed by atoms with van der Waals surface area (Å²) in [6.45, 7) is 7.44. The van der Waals surface area contributed by atoms with Crippen LogP contribution in [-0.2, 0) is 11.2 Å². The molecule has 0 spiro atoms. The van der Waals surface area contributed by atoms with E-state index in [2.05, 4.69) is 13.8 Å². The number of hydrogen-bond acceptors (Lipinski definition) is 3. The zero-order valence-corrected chi connectivity index (χ0v) is 13.5. The zero-order chi connectivity index (χ0) is 15.5. The summed E-state index contributed by atoms with van der Waals surface area (Å²) in [4.78, 5) is 14.6. The van der Waals surface area contributed by atoms with Crippen molar-refractivity contribution in [1.82, 2.24) is 4.90 Å². The second-order valence-corrected chi connectivity index (χ2v) is 6.64. The van der Waals surface area contributed by atoms with E-state index < -0.39 is 0 Å². The topological polar surface area (TPSA) is 38.8 Å². The zero-order valence-electron chi connectivity index (χ0n) is 13.5. The largest absolute Gasteiger partial charge is 0.493 e. The van der Waals surface area contributed by atoms with Gasteiger partial charge in [0.15, 0.2) is 0 Å². The molecule has 2 aliphatic rings. The number of nitrogens with zero attached hydrogens (tertiary/aromatic N) is 1. The summed E-state index contributed by atoms with van der Waals surface area (Å²) >= 11 is 0. The Morgan fingerprint density at radius 2 is 2.14 bits per heavy atom. The van der Waals surface area contributed by atoms with Crippen molar-refractivity contribution in [2.45, 2.75) is 39.2 Å². The highest BCUT2D eigenvalue weighted by atomic mass is 16.5. The quantitative estimate of drug-likeness (QED) is 0.858. The number of piperidine rings is 1. The molecule has 2 aliphatic heterocycles. The van der Waals surface area contributed by atoms with E-state index >= 15 is 0 Å². The molecule has 22 heavy (non-hydrogen) atoms. The highest BCUT2D eigenvalue weighted by Gasteiger charge is 2.25. The minimum atomic E-state index is 0.136. The molecular formula is C18H25NO3. The summed E-state index contributed by atoms with van der Waals surface area (Å²) in [7, 11) is 0. The lowest BCUT2D eigenvalue weighted by Crippen LogP contribution is -2.41. The van der Waals surface area contributed by atoms with Gasteiger partial charge in [0, 0.05) is 31.7 Å². The minimum absolute atomic E-state index is 0.136. The third-order valence-corrected chi connectivity index (χ3v) is 4.33. The van der Waals surface area contributed by atoms with E-state index in [9.17, 15) is 4.79 Å². The second kappa shape index (κ2) is 6.69. The molecule has 0 atom stereocenters. The summed E-state index contributed by atoms with van der Waals surface area (Å²) in [6.07, 6.45) is 3.08. The number of rotatable bonds is 4. The van der Waals surface area contributed by atoms with Crippen LogP contribution in [0.5, 0.6) is 5.75 Å². The number of fused-ring (bicyclic) bond motifs is 1. The Morgan fingerprint density at radius 1 is 1.36 bits per heavy atom. The molecule has 0 aromatic heterocycles. The average Bonchev–Trinajstić information content (AvgIpc) is 3.00. The molecule has 4 heteroatoms. The van der Waals surface area contributed by atoms with E-state index in [-0.39, 0.29) is 5.91 Å². The number of hydrogen-bond donors (Lipinski definition) is 0. The monoisotopic (exact) mass is 303 g/mol. The van der Waals surface area contributed by atoms with Gasteiger partial charge in [-0.1, -0.05) is 13.8 Å². The van der Waals surface area contributed by atoms with Gasteiger partial charge in [0.05, 0.1) is 12.7 Å². The van der Waals surface area contributed by atoms with Crippen LogP contribution >= 0.6 is 0 Å². The van der Waals surface area contributed by atoms with Crippen molar-refractivity contribution in [3.8, 4) is 5.75 Å². The summed E-state index contributed by atoms with van der Waals surface area (Å²) in [5.41, 5.74) is 1.94. The van der Waals surface area contributed by atoms with Gasteiger partial charge in [-0.3, -0.25) is 4.79 Å². The highest BCUT2D eigenvalue weighted by Crippen LogP contribution is 2.27. The lowest BCUT2D eigenvalue weighted by Gasteiger charge is -2.32. The molecule has 120 valence electrons. The Labute approximate surface area is 132 Å². The van der Waals surface area contributed by atoms with Crippen LogP contribution in [0.3, 0.4) is 0 Å². The molecule has 0 unspecified atom stereocenters. The van der Waals surface area contributed by atoms with Crippen LogP contribution in [0.4, 0.5) is 0 Å². The minimum Gasteiger partial charge on any atom is -0.493 e. The summed E-state index contributed by atoms with van der Waals surface area (Å²) in [6, 6.07) is 5.80. The first kappa shape index (κ1) is 15.3. The number of carbonyl (C=O) groups excluding carboxylic acids is 1. The standard InChI is InChI=1S/C18H25NO3/c1-13(2)12-22-16-5-8-19(9-6-16)18(20)15-3-4-17-14(11-15)7-10-21-17/h3-4,11,13,16H,5-10,12H2,1-2H3. The van der Waals surface area contributed by atoms with Gasteiger partial charge < -0.3 is 14.4 Å². The molecule has 0 saturated carbocycles. The molecule has 0 bridgehead atoms. The van der Waals surface area contributed by atoms with Crippen LogP contribution in [0.2, 0.25) is 0 Å². The van der Waals surface area contributed by atoms with Crippen LogP contribution in [0.1, 0.15) is 42.6 Å². The molecule has 1 aromatic carbocycles. The van der Waals surface area contributed by atoms with Crippen molar-refractivity contribution in [2.75, 3.05) is 26.3 Å². The van der Waals surface area contributed by atoms with Crippen molar-refractivity contribution < 1.29 is 14.3 Å². The Bertz CT molecular complexity index is 533. The number of ether oxygens (including phenoxy) is 2. The van der Waals surface area contributed by atoms with Gasteiger partial charge in [-0.15, -0.1) is 0 Å². The SMILES string of the molecule is CC(C)COC1CCN(C(=O)c2ccc3c(c2)CCO3)CC1. The number of likely N-dealkylation sites (tertiary alicyclic amines) is 1. The summed E-state index contributed by atoms with van der Waals surface area (Å²) in [5.74, 6) is 1.63. The number of carbonyl (C=O) groups is 1. The van der Waals surface area contributed by atoms with Gasteiger partial charge in [-0.25, -0.2) is 0 Å². The van der Waals surface area contributed by atoms with E-state index in [4.69, 9.17) is 9.47 Å². The smallest absolute Gasteiger partial charge is 0.253 e. The van der Waals surface area contributed by atoms with Crippen LogP contribution < -0.4 is 4.74 Å². The van der Waals surface area contributed by atoms with Gasteiger partial charge in [0.2, 0.25) is 0 Å². The molecule has 1 amide bonds. The van der Waals surface area contributed by atoms with Crippen LogP contribution in [0.25, 0.3) is 0 Å². The maximum absolute atomic E-state index is 12.6. The number of benzene rings is 1. The normalized spacial score (nSPS) is 18.4. The van der Waals surface area contributed by atoms with Gasteiger partial charge in [0.1, 0.15) is 5.75 Å². The molecule has 1 fully saturated rings. The van der Waals surface area contributed by atoms with E-state index in [1.807, 2.05) is 23.1 Å². The van der Waals surface area contributed by atoms with Gasteiger partial charge in [-0.2, -0.15) is 0 Å². The van der Waals surface area contributed by atoms with Crippen molar-refractivity contribution in [3.63, 3.8) is 0 Å². The predicted molar refractivity (Wildman–Crippen MR) is 85.4 cm³/mol. The van der Waals surface area contributed by atoms with E-state index in [1.165, 1.54) is 0 Å². The lowest BCUT2D eigenvalue weighted by molar-refractivity contribution is -0.00231. The fourth-order valence-electron chi connectivity index (χ4n) is 3.06. The van der Waals surface area contributed by atoms with Gasteiger partial charge in [0.25, 0.3) is 5.91 Å². The maximum Gasteiger partial charge on any atom is 0.253 e. The molecule has 2 heterocycles. The summed E-state index contributed by atoms with van der Waals surface area (Å²) < 4.78 is 11.4. The molecule has 0 radical (unpaired) electrons. The van der Waals surface area contributed by atoms with Crippen molar-refractivity contribution in [2.24, 2.45) is 5.92 Å². The lowest BCUT2D eigenvalue weighted by atomic mass is 10.0. The van der Waals surface area contributed by atoms with Crippen LogP contribution in [0.15, 0.2) is 18.2 Å². The Hall–Kier alpha value is -1.55. The van der Waals surface area contributed by atoms with E-state index in [1.54, 1.807) is 0 Å². The molecule has 0 aliphatic carbocycles. The maximum atomic E-state index is 12.6. The van der Waals surface area contributed by atoms with E-state index in [0.717, 1.165) is 62.4 Å². The first-order chi connectivity index (χ1) is 10.6. The molecule has 4 nitrogen and oxygen atoms in total. The van der Waals surface area contributed by atoms with E-state index in [0.29, 0.717) is 12.0 Å². The van der Waals surface area contributed by atoms with Crippen molar-refractivity contribution in [1.29, 1.82) is 0 Å². The fraction of sp³-hybridized carbons (Fsp3) is 0.611. The van der Waals surface area contributed by atoms with Crippen LogP contribution in [-0.4, -0.2) is 43.2 Å². The third kappa shape index (κ3) is 3.43. The van der Waals surface area contributed by atoms with Crippen molar-refractivity contribution >= 4 is 5.91 Å². The fourth-order valence-corrected chi connectivity index (χ4v) is 3.06. The average molecular weight is 303 g/mol. The first-order valence-electron chi connectivity index (χ1n) is 8.30. The molecule has 1 aromatic rings. The van der Waals surface area contributed by atoms with Crippen LogP contribution in [0, 0.1) is 5.92 Å². The highest BCUT2D eigenvalue weighted by molar-refractivity contribution is 5.94. The molecule has 1 saturated heterocycles. The Balaban J connectivity index is 1.56. The predicted octanol–water partition coefficient (Wildman–Crippen LogP) is 2.90. The molecule has 3 rings (SSSR count). The third-order valence-electron chi connectivity index (χ3n) is 4.33. The number of amides is 1.